The van der Waals surface area contributed by atoms with Crippen LogP contribution in [0, 0.1) is 5.92 Å². The van der Waals surface area contributed by atoms with Gasteiger partial charge >= 0.3 is 0 Å². The van der Waals surface area contributed by atoms with Crippen LogP contribution in [-0.4, -0.2) is 70.6 Å². The summed E-state index contributed by atoms with van der Waals surface area (Å²) in [6.45, 7) is 9.28. The topological polar surface area (TPSA) is 93.0 Å². The summed E-state index contributed by atoms with van der Waals surface area (Å²) in [6.07, 6.45) is 5.76. The summed E-state index contributed by atoms with van der Waals surface area (Å²) in [7, 11) is 0. The number of halogens is 1. The highest BCUT2D eigenvalue weighted by Gasteiger charge is 2.26. The summed E-state index contributed by atoms with van der Waals surface area (Å²) in [4.78, 5) is 45.9. The van der Waals surface area contributed by atoms with E-state index in [0.29, 0.717) is 61.7 Å². The van der Waals surface area contributed by atoms with Crippen molar-refractivity contribution in [2.75, 3.05) is 32.8 Å². The maximum Gasteiger partial charge on any atom is 0.224 e. The highest BCUT2D eigenvalue weighted by atomic mass is 35.5. The van der Waals surface area contributed by atoms with Crippen LogP contribution in [0.4, 0.5) is 0 Å². The van der Waals surface area contributed by atoms with Crippen LogP contribution in [0.1, 0.15) is 43.9 Å². The third kappa shape index (κ3) is 9.35. The zero-order valence-electron chi connectivity index (χ0n) is 23.7. The Balaban J connectivity index is 1.44. The summed E-state index contributed by atoms with van der Waals surface area (Å²) in [5, 5.41) is 3.76. The number of hydrogen-bond donors (Lipinski definition) is 1. The van der Waals surface area contributed by atoms with Crippen LogP contribution in [0.5, 0.6) is 0 Å². The summed E-state index contributed by atoms with van der Waals surface area (Å²) < 4.78 is 7.22. The number of carbonyl (C=O) groups is 3. The first-order valence-electron chi connectivity index (χ1n) is 14.3. The number of pyridine rings is 1. The molecule has 3 heterocycles. The van der Waals surface area contributed by atoms with Gasteiger partial charge < -0.3 is 14.5 Å². The molecule has 1 amide bonds. The number of aromatic nitrogens is 2. The van der Waals surface area contributed by atoms with E-state index in [2.05, 4.69) is 21.8 Å². The molecule has 1 aromatic carbocycles. The van der Waals surface area contributed by atoms with Gasteiger partial charge in [0.1, 0.15) is 11.4 Å². The molecule has 0 unspecified atom stereocenters. The molecule has 2 aromatic heterocycles. The van der Waals surface area contributed by atoms with Gasteiger partial charge in [0.15, 0.2) is 5.78 Å². The van der Waals surface area contributed by atoms with Crippen molar-refractivity contribution in [3.63, 3.8) is 0 Å². The average Bonchev–Trinajstić information content (AvgIpc) is 3.37. The molecule has 0 aliphatic carbocycles. The van der Waals surface area contributed by atoms with Gasteiger partial charge in [0.05, 0.1) is 29.8 Å². The minimum Gasteiger partial charge on any atom is -0.379 e. The number of carbonyl (C=O) groups excluding carboxylic acids is 3. The van der Waals surface area contributed by atoms with E-state index < -0.39 is 5.92 Å². The SMILES string of the molecule is C=C(CN1CCOCC1)C(=O)CC[C@H](Cc1ccccc1)NC(=O)[C@@H](CC(=O)CC)Cc1cn2cc(Cl)ccc2n1. The normalized spacial score (nSPS) is 15.4. The molecule has 1 fully saturated rings. The predicted molar refractivity (Wildman–Crippen MR) is 160 cm³/mol. The number of amides is 1. The Morgan fingerprint density at radius 1 is 1.07 bits per heavy atom. The molecule has 1 N–H and O–H groups in total. The number of Topliss-reactive ketones (excluding diaryl/α,β-unsaturated/α-hetero) is 2. The highest BCUT2D eigenvalue weighted by molar-refractivity contribution is 6.30. The molecule has 4 rings (SSSR count). The third-order valence-corrected chi connectivity index (χ3v) is 7.69. The maximum absolute atomic E-state index is 13.7. The lowest BCUT2D eigenvalue weighted by molar-refractivity contribution is -0.130. The van der Waals surface area contributed by atoms with Crippen molar-refractivity contribution < 1.29 is 19.1 Å². The molecule has 0 spiro atoms. The van der Waals surface area contributed by atoms with E-state index in [1.807, 2.05) is 47.0 Å². The number of ether oxygens (including phenoxy) is 1. The lowest BCUT2D eigenvalue weighted by atomic mass is 9.93. The van der Waals surface area contributed by atoms with E-state index in [4.69, 9.17) is 16.3 Å². The van der Waals surface area contributed by atoms with Gasteiger partial charge in [-0.2, -0.15) is 0 Å². The van der Waals surface area contributed by atoms with Crippen molar-refractivity contribution in [1.82, 2.24) is 19.6 Å². The van der Waals surface area contributed by atoms with Crippen LogP contribution in [0.25, 0.3) is 5.65 Å². The first-order chi connectivity index (χ1) is 19.8. The average molecular weight is 579 g/mol. The monoisotopic (exact) mass is 578 g/mol. The summed E-state index contributed by atoms with van der Waals surface area (Å²) in [5.74, 6) is -0.758. The van der Waals surface area contributed by atoms with Gasteiger partial charge in [0, 0.05) is 69.3 Å². The lowest BCUT2D eigenvalue weighted by Gasteiger charge is -2.27. The Hall–Kier alpha value is -3.33. The molecular weight excluding hydrogens is 540 g/mol. The molecule has 1 aliphatic heterocycles. The Labute approximate surface area is 246 Å². The summed E-state index contributed by atoms with van der Waals surface area (Å²) in [6, 6.07) is 13.2. The molecule has 218 valence electrons. The van der Waals surface area contributed by atoms with E-state index in [1.54, 1.807) is 19.2 Å². The second-order valence-electron chi connectivity index (χ2n) is 10.7. The Kier molecular flexibility index (Phi) is 11.2. The van der Waals surface area contributed by atoms with Crippen molar-refractivity contribution in [3.8, 4) is 0 Å². The Morgan fingerprint density at radius 3 is 2.56 bits per heavy atom. The molecule has 3 aromatic rings. The number of nitrogens with one attached hydrogen (secondary N) is 1. The second-order valence-corrected chi connectivity index (χ2v) is 11.1. The molecule has 0 bridgehead atoms. The van der Waals surface area contributed by atoms with Gasteiger partial charge in [-0.05, 0) is 30.5 Å². The number of nitrogens with zero attached hydrogens (tertiary/aromatic N) is 3. The maximum atomic E-state index is 13.7. The van der Waals surface area contributed by atoms with Crippen LogP contribution in [-0.2, 0) is 32.0 Å². The molecule has 8 nitrogen and oxygen atoms in total. The van der Waals surface area contributed by atoms with Gasteiger partial charge in [-0.15, -0.1) is 0 Å². The largest absolute Gasteiger partial charge is 0.379 e. The number of rotatable bonds is 15. The third-order valence-electron chi connectivity index (χ3n) is 7.46. The van der Waals surface area contributed by atoms with Gasteiger partial charge in [-0.1, -0.05) is 55.4 Å². The van der Waals surface area contributed by atoms with Crippen molar-refractivity contribution in [3.05, 3.63) is 83.3 Å². The standard InChI is InChI=1S/C32H39ClN4O4/c1-3-29(38)19-25(18-28-22-37-21-26(33)9-12-31(37)34-28)32(40)35-27(17-24-7-5-4-6-8-24)10-11-30(39)23(2)20-36-13-15-41-16-14-36/h4-9,12,21-22,25,27H,2-3,10-11,13-20H2,1H3,(H,35,40)/t25-,27-/m1/s1. The predicted octanol–water partition coefficient (Wildman–Crippen LogP) is 4.48. The zero-order chi connectivity index (χ0) is 29.2. The second kappa shape index (κ2) is 15.1. The van der Waals surface area contributed by atoms with Crippen molar-refractivity contribution in [2.45, 2.75) is 51.5 Å². The van der Waals surface area contributed by atoms with E-state index in [0.717, 1.165) is 24.3 Å². The first kappa shape index (κ1) is 30.6. The summed E-state index contributed by atoms with van der Waals surface area (Å²) >= 11 is 6.12. The van der Waals surface area contributed by atoms with Crippen molar-refractivity contribution >= 4 is 34.7 Å². The smallest absolute Gasteiger partial charge is 0.224 e. The molecule has 1 aliphatic rings. The quantitative estimate of drug-likeness (QED) is 0.267. The Morgan fingerprint density at radius 2 is 1.83 bits per heavy atom. The summed E-state index contributed by atoms with van der Waals surface area (Å²) in [5.41, 5.74) is 3.08. The van der Waals surface area contributed by atoms with E-state index in [1.165, 1.54) is 0 Å². The van der Waals surface area contributed by atoms with Gasteiger partial charge in [-0.25, -0.2) is 4.98 Å². The van der Waals surface area contributed by atoms with E-state index in [-0.39, 0.29) is 36.4 Å². The van der Waals surface area contributed by atoms with Crippen LogP contribution >= 0.6 is 11.6 Å². The number of ketones is 2. The lowest BCUT2D eigenvalue weighted by Crippen LogP contribution is -2.42. The Bertz CT molecular complexity index is 1350. The highest BCUT2D eigenvalue weighted by Crippen LogP contribution is 2.19. The number of hydrogen-bond acceptors (Lipinski definition) is 6. The van der Waals surface area contributed by atoms with Crippen molar-refractivity contribution in [1.29, 1.82) is 0 Å². The molecule has 0 radical (unpaired) electrons. The molecular formula is C32H39ClN4O4. The van der Waals surface area contributed by atoms with E-state index in [9.17, 15) is 14.4 Å². The number of morpholine rings is 1. The molecule has 0 saturated carbocycles. The fourth-order valence-electron chi connectivity index (χ4n) is 5.09. The first-order valence-corrected chi connectivity index (χ1v) is 14.7. The van der Waals surface area contributed by atoms with Gasteiger partial charge in [-0.3, -0.25) is 19.3 Å². The molecule has 41 heavy (non-hydrogen) atoms. The molecule has 2 atom stereocenters. The number of fused-ring (bicyclic) bond motifs is 1. The molecule has 9 heteroatoms. The fourth-order valence-corrected chi connectivity index (χ4v) is 5.26. The van der Waals surface area contributed by atoms with Crippen LogP contribution in [0.15, 0.2) is 67.0 Å². The minimum atomic E-state index is -0.576. The van der Waals surface area contributed by atoms with Gasteiger partial charge in [0.25, 0.3) is 0 Å². The van der Waals surface area contributed by atoms with Crippen molar-refractivity contribution in [2.24, 2.45) is 5.92 Å². The van der Waals surface area contributed by atoms with Gasteiger partial charge in [0.2, 0.25) is 5.91 Å². The van der Waals surface area contributed by atoms with Crippen LogP contribution in [0.3, 0.4) is 0 Å². The fraction of sp³-hybridized carbons (Fsp3) is 0.438. The number of imidazole rings is 1. The zero-order valence-corrected chi connectivity index (χ0v) is 24.4. The van der Waals surface area contributed by atoms with Crippen LogP contribution < -0.4 is 5.32 Å². The minimum absolute atomic E-state index is 0.00451. The number of benzene rings is 1. The molecule has 1 saturated heterocycles. The van der Waals surface area contributed by atoms with Crippen LogP contribution in [0.2, 0.25) is 5.02 Å². The van der Waals surface area contributed by atoms with E-state index >= 15 is 0 Å².